The topological polar surface area (TPSA) is 47.7 Å². The highest BCUT2D eigenvalue weighted by atomic mass is 16.5. The minimum atomic E-state index is 0.315. The molecule has 0 atom stereocenters. The SMILES string of the molecule is Nc1ccccc1N1CCC(OCCOc2ccccc2)CC1. The first-order valence-electron chi connectivity index (χ1n) is 8.22. The summed E-state index contributed by atoms with van der Waals surface area (Å²) in [7, 11) is 0. The van der Waals surface area contributed by atoms with Gasteiger partial charge in [-0.1, -0.05) is 30.3 Å². The van der Waals surface area contributed by atoms with Crippen LogP contribution in [0.2, 0.25) is 0 Å². The van der Waals surface area contributed by atoms with Gasteiger partial charge < -0.3 is 20.1 Å². The van der Waals surface area contributed by atoms with E-state index in [-0.39, 0.29) is 0 Å². The van der Waals surface area contributed by atoms with Crippen LogP contribution >= 0.6 is 0 Å². The van der Waals surface area contributed by atoms with E-state index in [9.17, 15) is 0 Å². The summed E-state index contributed by atoms with van der Waals surface area (Å²) in [5, 5.41) is 0. The van der Waals surface area contributed by atoms with Crippen molar-refractivity contribution < 1.29 is 9.47 Å². The van der Waals surface area contributed by atoms with E-state index in [0.29, 0.717) is 19.3 Å². The molecule has 122 valence electrons. The lowest BCUT2D eigenvalue weighted by molar-refractivity contribution is 0.0203. The highest BCUT2D eigenvalue weighted by molar-refractivity contribution is 5.67. The molecule has 2 aromatic carbocycles. The number of hydrogen-bond donors (Lipinski definition) is 1. The Labute approximate surface area is 137 Å². The predicted octanol–water partition coefficient (Wildman–Crippen LogP) is 3.33. The third-order valence-electron chi connectivity index (χ3n) is 4.17. The molecule has 0 aromatic heterocycles. The first-order valence-corrected chi connectivity index (χ1v) is 8.22. The lowest BCUT2D eigenvalue weighted by Crippen LogP contribution is -2.37. The summed E-state index contributed by atoms with van der Waals surface area (Å²) in [6, 6.07) is 17.9. The highest BCUT2D eigenvalue weighted by Crippen LogP contribution is 2.26. The van der Waals surface area contributed by atoms with Crippen LogP contribution in [0.3, 0.4) is 0 Å². The number of nitrogens with zero attached hydrogens (tertiary/aromatic N) is 1. The third kappa shape index (κ3) is 4.39. The minimum Gasteiger partial charge on any atom is -0.491 e. The van der Waals surface area contributed by atoms with Crippen molar-refractivity contribution in [2.24, 2.45) is 0 Å². The van der Waals surface area contributed by atoms with Crippen molar-refractivity contribution in [1.29, 1.82) is 0 Å². The van der Waals surface area contributed by atoms with Gasteiger partial charge in [0.1, 0.15) is 12.4 Å². The van der Waals surface area contributed by atoms with Crippen LogP contribution in [0.5, 0.6) is 5.75 Å². The fourth-order valence-corrected chi connectivity index (χ4v) is 2.93. The van der Waals surface area contributed by atoms with Crippen LogP contribution in [0.25, 0.3) is 0 Å². The van der Waals surface area contributed by atoms with Crippen molar-refractivity contribution in [3.05, 3.63) is 54.6 Å². The smallest absolute Gasteiger partial charge is 0.119 e. The minimum absolute atomic E-state index is 0.315. The van der Waals surface area contributed by atoms with Crippen LogP contribution in [0, 0.1) is 0 Å². The fraction of sp³-hybridized carbons (Fsp3) is 0.368. The molecule has 1 aliphatic rings. The molecule has 2 aromatic rings. The molecule has 0 spiro atoms. The van der Waals surface area contributed by atoms with Crippen molar-refractivity contribution in [1.82, 2.24) is 0 Å². The molecular weight excluding hydrogens is 288 g/mol. The third-order valence-corrected chi connectivity index (χ3v) is 4.17. The van der Waals surface area contributed by atoms with E-state index in [4.69, 9.17) is 15.2 Å². The van der Waals surface area contributed by atoms with Crippen LogP contribution in [0.1, 0.15) is 12.8 Å². The van der Waals surface area contributed by atoms with E-state index in [1.807, 2.05) is 48.5 Å². The van der Waals surface area contributed by atoms with E-state index in [1.165, 1.54) is 0 Å². The number of hydrogen-bond acceptors (Lipinski definition) is 4. The molecule has 23 heavy (non-hydrogen) atoms. The van der Waals surface area contributed by atoms with Gasteiger partial charge in [-0.3, -0.25) is 0 Å². The Bertz CT molecular complexity index is 595. The van der Waals surface area contributed by atoms with Gasteiger partial charge >= 0.3 is 0 Å². The summed E-state index contributed by atoms with van der Waals surface area (Å²) in [4.78, 5) is 2.34. The monoisotopic (exact) mass is 312 g/mol. The largest absolute Gasteiger partial charge is 0.491 e. The van der Waals surface area contributed by atoms with E-state index in [1.54, 1.807) is 0 Å². The first-order chi connectivity index (χ1) is 11.3. The first kappa shape index (κ1) is 15.7. The molecule has 0 bridgehead atoms. The zero-order chi connectivity index (χ0) is 15.9. The maximum absolute atomic E-state index is 6.05. The van der Waals surface area contributed by atoms with Gasteiger partial charge in [0.15, 0.2) is 0 Å². The number of benzene rings is 2. The predicted molar refractivity (Wildman–Crippen MR) is 94.0 cm³/mol. The summed E-state index contributed by atoms with van der Waals surface area (Å²) in [6.07, 6.45) is 2.37. The molecule has 3 rings (SSSR count). The Morgan fingerprint density at radius 3 is 2.35 bits per heavy atom. The summed E-state index contributed by atoms with van der Waals surface area (Å²) in [5.74, 6) is 0.894. The molecule has 0 amide bonds. The summed E-state index contributed by atoms with van der Waals surface area (Å²) in [5.41, 5.74) is 8.04. The normalized spacial score (nSPS) is 15.6. The molecular formula is C19H24N2O2. The van der Waals surface area contributed by atoms with Gasteiger partial charge in [0.2, 0.25) is 0 Å². The maximum Gasteiger partial charge on any atom is 0.119 e. The lowest BCUT2D eigenvalue weighted by atomic mass is 10.1. The number of anilines is 2. The molecule has 1 fully saturated rings. The van der Waals surface area contributed by atoms with Gasteiger partial charge in [-0.15, -0.1) is 0 Å². The van der Waals surface area contributed by atoms with Crippen molar-refractivity contribution in [3.63, 3.8) is 0 Å². The van der Waals surface area contributed by atoms with E-state index in [2.05, 4.69) is 11.0 Å². The van der Waals surface area contributed by atoms with Crippen LogP contribution < -0.4 is 15.4 Å². The Hall–Kier alpha value is -2.20. The number of nitrogens with two attached hydrogens (primary N) is 1. The lowest BCUT2D eigenvalue weighted by Gasteiger charge is -2.34. The number of rotatable bonds is 6. The number of nitrogen functional groups attached to an aromatic ring is 1. The van der Waals surface area contributed by atoms with Crippen LogP contribution in [-0.4, -0.2) is 32.4 Å². The summed E-state index contributed by atoms with van der Waals surface area (Å²) in [6.45, 7) is 3.19. The van der Waals surface area contributed by atoms with Crippen molar-refractivity contribution in [2.45, 2.75) is 18.9 Å². The molecule has 2 N–H and O–H groups in total. The van der Waals surface area contributed by atoms with E-state index in [0.717, 1.165) is 43.1 Å². The molecule has 0 unspecified atom stereocenters. The van der Waals surface area contributed by atoms with Crippen LogP contribution in [0.15, 0.2) is 54.6 Å². The Morgan fingerprint density at radius 2 is 1.61 bits per heavy atom. The van der Waals surface area contributed by atoms with Gasteiger partial charge in [-0.25, -0.2) is 0 Å². The van der Waals surface area contributed by atoms with E-state index < -0.39 is 0 Å². The molecule has 1 heterocycles. The Balaban J connectivity index is 1.37. The van der Waals surface area contributed by atoms with Gasteiger partial charge in [0, 0.05) is 13.1 Å². The fourth-order valence-electron chi connectivity index (χ4n) is 2.93. The van der Waals surface area contributed by atoms with Gasteiger partial charge in [-0.2, -0.15) is 0 Å². The second-order valence-corrected chi connectivity index (χ2v) is 5.78. The van der Waals surface area contributed by atoms with Crippen LogP contribution in [0.4, 0.5) is 11.4 Å². The second-order valence-electron chi connectivity index (χ2n) is 5.78. The quantitative estimate of drug-likeness (QED) is 0.656. The van der Waals surface area contributed by atoms with Crippen molar-refractivity contribution in [3.8, 4) is 5.75 Å². The van der Waals surface area contributed by atoms with Crippen LogP contribution in [-0.2, 0) is 4.74 Å². The molecule has 1 aliphatic heterocycles. The van der Waals surface area contributed by atoms with E-state index >= 15 is 0 Å². The zero-order valence-corrected chi connectivity index (χ0v) is 13.4. The number of para-hydroxylation sites is 3. The Kier molecular flexibility index (Phi) is 5.37. The molecule has 4 heteroatoms. The molecule has 0 saturated carbocycles. The molecule has 4 nitrogen and oxygen atoms in total. The van der Waals surface area contributed by atoms with Gasteiger partial charge in [-0.05, 0) is 37.1 Å². The summed E-state index contributed by atoms with van der Waals surface area (Å²) >= 11 is 0. The standard InChI is InChI=1S/C19H24N2O2/c20-18-8-4-5-9-19(18)21-12-10-17(11-13-21)23-15-14-22-16-6-2-1-3-7-16/h1-9,17H,10-15,20H2. The van der Waals surface area contributed by atoms with Crippen molar-refractivity contribution in [2.75, 3.05) is 36.9 Å². The number of piperidine rings is 1. The highest BCUT2D eigenvalue weighted by Gasteiger charge is 2.20. The second kappa shape index (κ2) is 7.88. The van der Waals surface area contributed by atoms with Gasteiger partial charge in [0.05, 0.1) is 24.1 Å². The zero-order valence-electron chi connectivity index (χ0n) is 13.4. The van der Waals surface area contributed by atoms with Gasteiger partial charge in [0.25, 0.3) is 0 Å². The Morgan fingerprint density at radius 1 is 0.913 bits per heavy atom. The molecule has 0 radical (unpaired) electrons. The van der Waals surface area contributed by atoms with Crippen molar-refractivity contribution >= 4 is 11.4 Å². The molecule has 0 aliphatic carbocycles. The average molecular weight is 312 g/mol. The average Bonchev–Trinajstić information content (AvgIpc) is 2.61. The number of ether oxygens (including phenoxy) is 2. The summed E-state index contributed by atoms with van der Waals surface area (Å²) < 4.78 is 11.6. The molecule has 1 saturated heterocycles. The maximum atomic E-state index is 6.05.